The third-order valence-electron chi connectivity index (χ3n) is 3.70. The number of phenols is 2. The predicted octanol–water partition coefficient (Wildman–Crippen LogP) is 3.04. The zero-order valence-electron chi connectivity index (χ0n) is 13.5. The highest BCUT2D eigenvalue weighted by atomic mass is 79.9. The fourth-order valence-electron chi connectivity index (χ4n) is 2.43. The molecule has 0 aliphatic heterocycles. The molecule has 3 N–H and O–H groups in total. The summed E-state index contributed by atoms with van der Waals surface area (Å²) in [6.07, 6.45) is 1.17. The van der Waals surface area contributed by atoms with Crippen molar-refractivity contribution >= 4 is 39.0 Å². The smallest absolute Gasteiger partial charge is 0.336 e. The van der Waals surface area contributed by atoms with Gasteiger partial charge in [-0.3, -0.25) is 4.79 Å². The number of hydrazone groups is 1. The molecule has 26 heavy (non-hydrogen) atoms. The molecule has 0 atom stereocenters. The lowest BCUT2D eigenvalue weighted by molar-refractivity contribution is 0.0952. The van der Waals surface area contributed by atoms with E-state index in [0.29, 0.717) is 15.4 Å². The molecule has 8 heteroatoms. The number of rotatable bonds is 3. The monoisotopic (exact) mass is 416 g/mol. The van der Waals surface area contributed by atoms with Gasteiger partial charge in [-0.15, -0.1) is 0 Å². The van der Waals surface area contributed by atoms with E-state index in [0.717, 1.165) is 0 Å². The maximum atomic E-state index is 12.1. The number of aryl methyl sites for hydroxylation is 1. The van der Waals surface area contributed by atoms with Gasteiger partial charge >= 0.3 is 5.63 Å². The Kier molecular flexibility index (Phi) is 4.77. The lowest BCUT2D eigenvalue weighted by atomic mass is 10.1. The van der Waals surface area contributed by atoms with Crippen LogP contribution in [0.2, 0.25) is 0 Å². The van der Waals surface area contributed by atoms with Crippen LogP contribution in [0.3, 0.4) is 0 Å². The summed E-state index contributed by atoms with van der Waals surface area (Å²) >= 11 is 3.19. The number of phenolic OH excluding ortho intramolecular Hbond substituents is 2. The Bertz CT molecular complexity index is 1100. The molecule has 1 heterocycles. The fraction of sp³-hybridized carbons (Fsp3) is 0.0556. The van der Waals surface area contributed by atoms with Gasteiger partial charge < -0.3 is 14.6 Å². The van der Waals surface area contributed by atoms with E-state index in [4.69, 9.17) is 4.42 Å². The molecule has 1 amide bonds. The fourth-order valence-corrected chi connectivity index (χ4v) is 2.78. The molecule has 0 aliphatic rings. The van der Waals surface area contributed by atoms with E-state index in [1.54, 1.807) is 19.1 Å². The summed E-state index contributed by atoms with van der Waals surface area (Å²) in [5, 5.41) is 24.3. The summed E-state index contributed by atoms with van der Waals surface area (Å²) in [7, 11) is 0. The van der Waals surface area contributed by atoms with Gasteiger partial charge in [0.1, 0.15) is 11.5 Å². The number of benzene rings is 2. The Morgan fingerprint density at radius 3 is 2.69 bits per heavy atom. The van der Waals surface area contributed by atoms with Crippen LogP contribution in [0.25, 0.3) is 11.0 Å². The van der Waals surface area contributed by atoms with Crippen LogP contribution in [0.1, 0.15) is 21.5 Å². The van der Waals surface area contributed by atoms with Gasteiger partial charge in [-0.1, -0.05) is 15.9 Å². The van der Waals surface area contributed by atoms with E-state index in [1.165, 1.54) is 30.5 Å². The van der Waals surface area contributed by atoms with Gasteiger partial charge in [0.05, 0.1) is 17.3 Å². The average molecular weight is 417 g/mol. The van der Waals surface area contributed by atoms with Gasteiger partial charge in [0.25, 0.3) is 5.91 Å². The number of carbonyl (C=O) groups is 1. The Labute approximate surface area is 155 Å². The van der Waals surface area contributed by atoms with E-state index in [9.17, 15) is 19.8 Å². The van der Waals surface area contributed by atoms with Crippen molar-refractivity contribution in [2.75, 3.05) is 0 Å². The first-order chi connectivity index (χ1) is 12.4. The van der Waals surface area contributed by atoms with Crippen molar-refractivity contribution in [3.63, 3.8) is 0 Å². The molecule has 0 fully saturated rings. The van der Waals surface area contributed by atoms with E-state index < -0.39 is 11.5 Å². The Balaban J connectivity index is 1.92. The molecule has 0 spiro atoms. The summed E-state index contributed by atoms with van der Waals surface area (Å²) < 4.78 is 5.79. The maximum absolute atomic E-state index is 12.1. The highest BCUT2D eigenvalue weighted by Gasteiger charge is 2.12. The van der Waals surface area contributed by atoms with Gasteiger partial charge in [-0.25, -0.2) is 10.2 Å². The Morgan fingerprint density at radius 1 is 1.19 bits per heavy atom. The molecule has 0 aliphatic carbocycles. The van der Waals surface area contributed by atoms with Crippen LogP contribution in [0, 0.1) is 6.92 Å². The van der Waals surface area contributed by atoms with Gasteiger partial charge in [0.15, 0.2) is 5.58 Å². The van der Waals surface area contributed by atoms with Crippen molar-refractivity contribution in [2.24, 2.45) is 5.10 Å². The number of fused-ring (bicyclic) bond motifs is 1. The van der Waals surface area contributed by atoms with Gasteiger partial charge in [-0.05, 0) is 42.8 Å². The van der Waals surface area contributed by atoms with Gasteiger partial charge in [0.2, 0.25) is 0 Å². The Morgan fingerprint density at radius 2 is 1.96 bits per heavy atom. The van der Waals surface area contributed by atoms with Crippen LogP contribution in [0.15, 0.2) is 55.2 Å². The molecular weight excluding hydrogens is 404 g/mol. The molecule has 2 aromatic carbocycles. The lowest BCUT2D eigenvalue weighted by Gasteiger charge is -2.06. The minimum atomic E-state index is -0.636. The summed E-state index contributed by atoms with van der Waals surface area (Å²) in [6.45, 7) is 1.75. The molecule has 132 valence electrons. The Hall–Kier alpha value is -3.13. The largest absolute Gasteiger partial charge is 0.507 e. The number of hydrogen-bond donors (Lipinski definition) is 3. The zero-order valence-corrected chi connectivity index (χ0v) is 15.1. The van der Waals surface area contributed by atoms with E-state index >= 15 is 0 Å². The van der Waals surface area contributed by atoms with Crippen LogP contribution in [0.4, 0.5) is 0 Å². The summed E-state index contributed by atoms with van der Waals surface area (Å²) in [5.74, 6) is -0.999. The highest BCUT2D eigenvalue weighted by molar-refractivity contribution is 9.10. The van der Waals surface area contributed by atoms with E-state index in [2.05, 4.69) is 26.5 Å². The zero-order chi connectivity index (χ0) is 18.8. The van der Waals surface area contributed by atoms with Crippen molar-refractivity contribution in [3.05, 3.63) is 68.0 Å². The van der Waals surface area contributed by atoms with Crippen molar-refractivity contribution in [1.82, 2.24) is 5.43 Å². The molecule has 0 unspecified atom stereocenters. The summed E-state index contributed by atoms with van der Waals surface area (Å²) in [4.78, 5) is 23.7. The van der Waals surface area contributed by atoms with Crippen LogP contribution in [0.5, 0.6) is 11.5 Å². The van der Waals surface area contributed by atoms with Crippen LogP contribution in [-0.4, -0.2) is 22.3 Å². The van der Waals surface area contributed by atoms with Gasteiger partial charge in [-0.2, -0.15) is 5.10 Å². The standard InChI is InChI=1S/C18H13BrN2O5/c1-9-6-16(24)26-17-11(9)4-5-14(22)13(17)8-20-21-18(25)12-3-2-10(19)7-15(12)23/h2-8,22-23H,1H3,(H,21,25). The molecule has 1 aromatic heterocycles. The lowest BCUT2D eigenvalue weighted by Crippen LogP contribution is -2.17. The van der Waals surface area contributed by atoms with Crippen molar-refractivity contribution in [2.45, 2.75) is 6.92 Å². The minimum absolute atomic E-state index is 0.0369. The second kappa shape index (κ2) is 7.01. The van der Waals surface area contributed by atoms with Gasteiger partial charge in [0, 0.05) is 15.9 Å². The molecular formula is C18H13BrN2O5. The van der Waals surface area contributed by atoms with Crippen molar-refractivity contribution in [1.29, 1.82) is 0 Å². The molecule has 0 radical (unpaired) electrons. The van der Waals surface area contributed by atoms with Crippen LogP contribution < -0.4 is 11.1 Å². The van der Waals surface area contributed by atoms with Crippen LogP contribution in [-0.2, 0) is 0 Å². The predicted molar refractivity (Wildman–Crippen MR) is 99.8 cm³/mol. The third kappa shape index (κ3) is 3.45. The quantitative estimate of drug-likeness (QED) is 0.345. The first kappa shape index (κ1) is 17.7. The minimum Gasteiger partial charge on any atom is -0.507 e. The van der Waals surface area contributed by atoms with Crippen molar-refractivity contribution < 1.29 is 19.4 Å². The second-order valence-corrected chi connectivity index (χ2v) is 6.40. The number of nitrogens with zero attached hydrogens (tertiary/aromatic N) is 1. The number of carbonyl (C=O) groups excluding carboxylic acids is 1. The molecule has 0 saturated heterocycles. The van der Waals surface area contributed by atoms with E-state index in [-0.39, 0.29) is 28.2 Å². The highest BCUT2D eigenvalue weighted by Crippen LogP contribution is 2.26. The maximum Gasteiger partial charge on any atom is 0.336 e. The number of nitrogens with one attached hydrogen (secondary N) is 1. The first-order valence-corrected chi connectivity index (χ1v) is 8.24. The third-order valence-corrected chi connectivity index (χ3v) is 4.19. The summed E-state index contributed by atoms with van der Waals surface area (Å²) in [5.41, 5.74) is 2.75. The molecule has 3 aromatic rings. The molecule has 3 rings (SSSR count). The number of halogens is 1. The molecule has 7 nitrogen and oxygen atoms in total. The topological polar surface area (TPSA) is 112 Å². The number of amides is 1. The summed E-state index contributed by atoms with van der Waals surface area (Å²) in [6, 6.07) is 8.83. The first-order valence-electron chi connectivity index (χ1n) is 7.45. The molecule has 0 bridgehead atoms. The normalized spacial score (nSPS) is 11.2. The van der Waals surface area contributed by atoms with Crippen LogP contribution >= 0.6 is 15.9 Å². The average Bonchev–Trinajstić information content (AvgIpc) is 2.56. The number of aromatic hydroxyl groups is 2. The van der Waals surface area contributed by atoms with E-state index in [1.807, 2.05) is 0 Å². The number of hydrogen-bond acceptors (Lipinski definition) is 6. The molecule has 0 saturated carbocycles. The van der Waals surface area contributed by atoms with Crippen molar-refractivity contribution in [3.8, 4) is 11.5 Å². The SMILES string of the molecule is Cc1cc(=O)oc2c(C=NNC(=O)c3ccc(Br)cc3O)c(O)ccc12. The second-order valence-electron chi connectivity index (χ2n) is 5.48.